The van der Waals surface area contributed by atoms with Crippen LogP contribution in [0.3, 0.4) is 0 Å². The lowest BCUT2D eigenvalue weighted by Crippen LogP contribution is -2.59. The maximum Gasteiger partial charge on any atom is 0.246 e. The molecule has 2 aromatic carbocycles. The lowest BCUT2D eigenvalue weighted by atomic mass is 9.86. The Balaban J connectivity index is 1.93. The molecule has 0 aliphatic carbocycles. The molecule has 0 aromatic heterocycles. The molecule has 2 aliphatic rings. The minimum Gasteiger partial charge on any atom is -0.329 e. The Morgan fingerprint density at radius 1 is 0.929 bits per heavy atom. The van der Waals surface area contributed by atoms with Gasteiger partial charge in [-0.3, -0.25) is 9.59 Å². The number of hydrogen-bond donors (Lipinski definition) is 0. The quantitative estimate of drug-likeness (QED) is 0.704. The number of piperazine rings is 1. The van der Waals surface area contributed by atoms with E-state index in [2.05, 4.69) is 0 Å². The fourth-order valence-electron chi connectivity index (χ4n) is 4.52. The molecule has 2 fully saturated rings. The second kappa shape index (κ2) is 7.41. The summed E-state index contributed by atoms with van der Waals surface area (Å²) in [5.41, 5.74) is 1.89. The third-order valence-corrected chi connectivity index (χ3v) is 6.14. The van der Waals surface area contributed by atoms with Crippen LogP contribution < -0.4 is 0 Å². The van der Waals surface area contributed by atoms with E-state index in [1.54, 1.807) is 4.90 Å². The molecule has 28 heavy (non-hydrogen) atoms. The largest absolute Gasteiger partial charge is 0.329 e. The SMILES string of the molecule is CC(C)N1C(=O)[C@@H]2CCC(=O)N2[C@@H](c2cccc(Cl)c2)[C@H]1c1ccc(Cl)cc1. The summed E-state index contributed by atoms with van der Waals surface area (Å²) in [6.45, 7) is 4.03. The summed E-state index contributed by atoms with van der Waals surface area (Å²) in [4.78, 5) is 29.9. The minimum absolute atomic E-state index is 0.00675. The van der Waals surface area contributed by atoms with Gasteiger partial charge in [-0.15, -0.1) is 0 Å². The smallest absolute Gasteiger partial charge is 0.246 e. The van der Waals surface area contributed by atoms with Crippen molar-refractivity contribution in [2.75, 3.05) is 0 Å². The van der Waals surface area contributed by atoms with Crippen molar-refractivity contribution in [1.82, 2.24) is 9.80 Å². The molecule has 6 heteroatoms. The first-order valence-corrected chi connectivity index (χ1v) is 10.3. The predicted octanol–water partition coefficient (Wildman–Crippen LogP) is 5.02. The second-order valence-corrected chi connectivity index (χ2v) is 8.56. The van der Waals surface area contributed by atoms with Crippen LogP contribution in [0.4, 0.5) is 0 Å². The summed E-state index contributed by atoms with van der Waals surface area (Å²) in [7, 11) is 0. The number of rotatable bonds is 3. The highest BCUT2D eigenvalue weighted by Gasteiger charge is 2.53. The zero-order chi connectivity index (χ0) is 20.0. The number of amides is 2. The van der Waals surface area contributed by atoms with Gasteiger partial charge in [-0.05, 0) is 55.7 Å². The first-order chi connectivity index (χ1) is 13.4. The Labute approximate surface area is 175 Å². The molecular weight excluding hydrogens is 395 g/mol. The molecule has 0 saturated carbocycles. The minimum atomic E-state index is -0.414. The zero-order valence-corrected chi connectivity index (χ0v) is 17.3. The van der Waals surface area contributed by atoms with Gasteiger partial charge < -0.3 is 9.80 Å². The van der Waals surface area contributed by atoms with Crippen LogP contribution in [0.25, 0.3) is 0 Å². The van der Waals surface area contributed by atoms with Crippen LogP contribution in [0, 0.1) is 0 Å². The summed E-state index contributed by atoms with van der Waals surface area (Å²) in [5, 5.41) is 1.25. The van der Waals surface area contributed by atoms with Gasteiger partial charge in [0.25, 0.3) is 0 Å². The van der Waals surface area contributed by atoms with E-state index in [0.29, 0.717) is 22.9 Å². The summed E-state index contributed by atoms with van der Waals surface area (Å²) in [6.07, 6.45) is 0.956. The van der Waals surface area contributed by atoms with Crippen LogP contribution in [0.15, 0.2) is 48.5 Å². The second-order valence-electron chi connectivity index (χ2n) is 7.69. The van der Waals surface area contributed by atoms with Crippen molar-refractivity contribution in [3.05, 3.63) is 69.7 Å². The van der Waals surface area contributed by atoms with Gasteiger partial charge >= 0.3 is 0 Å². The van der Waals surface area contributed by atoms with E-state index >= 15 is 0 Å². The van der Waals surface area contributed by atoms with E-state index in [1.807, 2.05) is 67.3 Å². The molecule has 0 N–H and O–H groups in total. The van der Waals surface area contributed by atoms with Gasteiger partial charge in [0.2, 0.25) is 11.8 Å². The highest BCUT2D eigenvalue weighted by Crippen LogP contribution is 2.48. The summed E-state index contributed by atoms with van der Waals surface area (Å²) in [6, 6.07) is 14.1. The van der Waals surface area contributed by atoms with Crippen LogP contribution in [0.1, 0.15) is 49.9 Å². The summed E-state index contributed by atoms with van der Waals surface area (Å²) >= 11 is 12.4. The number of carbonyl (C=O) groups excluding carboxylic acids is 2. The molecule has 3 atom stereocenters. The number of nitrogens with zero attached hydrogens (tertiary/aromatic N) is 2. The Hall–Kier alpha value is -2.04. The maximum atomic E-state index is 13.4. The Morgan fingerprint density at radius 3 is 2.29 bits per heavy atom. The first-order valence-electron chi connectivity index (χ1n) is 9.52. The van der Waals surface area contributed by atoms with Crippen LogP contribution in [-0.2, 0) is 9.59 Å². The standard InChI is InChI=1S/C22H22Cl2N2O2/c1-13(2)25-20(14-6-8-16(23)9-7-14)21(15-4-3-5-17(24)12-15)26-18(22(25)28)10-11-19(26)27/h3-9,12-13,18,20-21H,10-11H2,1-2H3/t18-,20+,21-/m0/s1. The van der Waals surface area contributed by atoms with Gasteiger partial charge in [-0.25, -0.2) is 0 Å². The summed E-state index contributed by atoms with van der Waals surface area (Å²) in [5.74, 6) is 0.0322. The van der Waals surface area contributed by atoms with Crippen molar-refractivity contribution >= 4 is 35.0 Å². The van der Waals surface area contributed by atoms with Crippen molar-refractivity contribution in [2.45, 2.75) is 50.9 Å². The molecule has 2 amide bonds. The molecule has 2 heterocycles. The fraction of sp³-hybridized carbons (Fsp3) is 0.364. The number of fused-ring (bicyclic) bond motifs is 1. The van der Waals surface area contributed by atoms with Crippen molar-refractivity contribution < 1.29 is 9.59 Å². The van der Waals surface area contributed by atoms with Crippen molar-refractivity contribution in [3.8, 4) is 0 Å². The lowest BCUT2D eigenvalue weighted by Gasteiger charge is -2.51. The molecule has 2 saturated heterocycles. The van der Waals surface area contributed by atoms with E-state index in [-0.39, 0.29) is 29.9 Å². The van der Waals surface area contributed by atoms with Gasteiger partial charge in [0.1, 0.15) is 6.04 Å². The molecule has 2 aliphatic heterocycles. The zero-order valence-electron chi connectivity index (χ0n) is 15.8. The molecule has 0 bridgehead atoms. The number of halogens is 2. The lowest BCUT2D eigenvalue weighted by molar-refractivity contribution is -0.159. The average Bonchev–Trinajstić information content (AvgIpc) is 3.04. The van der Waals surface area contributed by atoms with Gasteiger partial charge in [0.15, 0.2) is 0 Å². The van der Waals surface area contributed by atoms with E-state index in [0.717, 1.165) is 11.1 Å². The number of benzene rings is 2. The molecule has 0 unspecified atom stereocenters. The van der Waals surface area contributed by atoms with Crippen LogP contribution in [0.2, 0.25) is 10.0 Å². The molecule has 4 nitrogen and oxygen atoms in total. The maximum absolute atomic E-state index is 13.4. The third-order valence-electron chi connectivity index (χ3n) is 5.65. The summed E-state index contributed by atoms with van der Waals surface area (Å²) < 4.78 is 0. The monoisotopic (exact) mass is 416 g/mol. The Morgan fingerprint density at radius 2 is 1.64 bits per heavy atom. The molecular formula is C22H22Cl2N2O2. The normalized spacial score (nSPS) is 24.8. The Bertz CT molecular complexity index is 913. The van der Waals surface area contributed by atoms with Crippen molar-refractivity contribution in [3.63, 3.8) is 0 Å². The van der Waals surface area contributed by atoms with Crippen LogP contribution >= 0.6 is 23.2 Å². The van der Waals surface area contributed by atoms with Crippen LogP contribution in [0.5, 0.6) is 0 Å². The van der Waals surface area contributed by atoms with Gasteiger partial charge in [0.05, 0.1) is 12.1 Å². The third kappa shape index (κ3) is 3.19. The van der Waals surface area contributed by atoms with E-state index in [1.165, 1.54) is 0 Å². The number of hydrogen-bond acceptors (Lipinski definition) is 2. The van der Waals surface area contributed by atoms with E-state index in [9.17, 15) is 9.59 Å². The highest BCUT2D eigenvalue weighted by molar-refractivity contribution is 6.30. The molecule has 0 radical (unpaired) electrons. The molecule has 0 spiro atoms. The van der Waals surface area contributed by atoms with Gasteiger partial charge in [-0.2, -0.15) is 0 Å². The fourth-order valence-corrected chi connectivity index (χ4v) is 4.84. The van der Waals surface area contributed by atoms with E-state index in [4.69, 9.17) is 23.2 Å². The average molecular weight is 417 g/mol. The van der Waals surface area contributed by atoms with E-state index < -0.39 is 6.04 Å². The Kier molecular flexibility index (Phi) is 5.11. The van der Waals surface area contributed by atoms with Gasteiger partial charge in [-0.1, -0.05) is 47.5 Å². The van der Waals surface area contributed by atoms with Crippen LogP contribution in [-0.4, -0.2) is 33.7 Å². The van der Waals surface area contributed by atoms with Crippen molar-refractivity contribution in [1.29, 1.82) is 0 Å². The molecule has 4 rings (SSSR count). The highest BCUT2D eigenvalue weighted by atomic mass is 35.5. The number of carbonyl (C=O) groups is 2. The topological polar surface area (TPSA) is 40.6 Å². The predicted molar refractivity (Wildman–Crippen MR) is 110 cm³/mol. The van der Waals surface area contributed by atoms with Crippen molar-refractivity contribution in [2.24, 2.45) is 0 Å². The molecule has 146 valence electrons. The first kappa shape index (κ1) is 19.3. The molecule has 2 aromatic rings. The van der Waals surface area contributed by atoms with Gasteiger partial charge in [0, 0.05) is 22.5 Å².